The van der Waals surface area contributed by atoms with Crippen LogP contribution in [0.2, 0.25) is 5.02 Å². The second-order valence-corrected chi connectivity index (χ2v) is 7.25. The number of nitrogens with one attached hydrogen (secondary N) is 3. The molecule has 31 heavy (non-hydrogen) atoms. The topological polar surface area (TPSA) is 78.9 Å². The van der Waals surface area contributed by atoms with Crippen LogP contribution < -0.4 is 16.0 Å². The van der Waals surface area contributed by atoms with Gasteiger partial charge in [-0.05, 0) is 55.5 Å². The number of rotatable bonds is 6. The molecule has 0 unspecified atom stereocenters. The van der Waals surface area contributed by atoms with E-state index in [2.05, 4.69) is 25.9 Å². The van der Waals surface area contributed by atoms with Crippen molar-refractivity contribution in [2.24, 2.45) is 0 Å². The first kappa shape index (κ1) is 20.4. The van der Waals surface area contributed by atoms with Crippen molar-refractivity contribution in [3.05, 3.63) is 101 Å². The minimum Gasteiger partial charge on any atom is -0.340 e. The van der Waals surface area contributed by atoms with Crippen molar-refractivity contribution in [1.29, 1.82) is 0 Å². The fraction of sp³-hybridized carbons (Fsp3) is 0.0417. The normalized spacial score (nSPS) is 10.4. The number of benzene rings is 3. The van der Waals surface area contributed by atoms with Crippen LogP contribution in [0.4, 0.5) is 28.8 Å². The summed E-state index contributed by atoms with van der Waals surface area (Å²) in [7, 11) is 0. The maximum absolute atomic E-state index is 12.4. The molecule has 0 bridgehead atoms. The molecule has 1 aromatic heterocycles. The van der Waals surface area contributed by atoms with Crippen LogP contribution in [0.15, 0.2) is 84.9 Å². The Balaban J connectivity index is 1.44. The van der Waals surface area contributed by atoms with Crippen LogP contribution in [-0.4, -0.2) is 15.9 Å². The fourth-order valence-corrected chi connectivity index (χ4v) is 3.19. The highest BCUT2D eigenvalue weighted by atomic mass is 35.5. The summed E-state index contributed by atoms with van der Waals surface area (Å²) in [6, 6.07) is 25.9. The molecule has 4 rings (SSSR count). The average molecular weight is 430 g/mol. The lowest BCUT2D eigenvalue weighted by molar-refractivity contribution is 0.102. The van der Waals surface area contributed by atoms with Crippen molar-refractivity contribution < 1.29 is 4.79 Å². The average Bonchev–Trinajstić information content (AvgIpc) is 2.76. The van der Waals surface area contributed by atoms with Gasteiger partial charge in [0.25, 0.3) is 5.91 Å². The summed E-state index contributed by atoms with van der Waals surface area (Å²) in [5.41, 5.74) is 3.67. The summed E-state index contributed by atoms with van der Waals surface area (Å²) in [5.74, 6) is 0.918. The first-order valence-electron chi connectivity index (χ1n) is 9.67. The number of anilines is 5. The van der Waals surface area contributed by atoms with Crippen LogP contribution in [0, 0.1) is 6.92 Å². The zero-order valence-corrected chi connectivity index (χ0v) is 17.5. The van der Waals surface area contributed by atoms with E-state index in [1.54, 1.807) is 36.4 Å². The van der Waals surface area contributed by atoms with E-state index in [0.29, 0.717) is 28.0 Å². The quantitative estimate of drug-likeness (QED) is 0.341. The van der Waals surface area contributed by atoms with Gasteiger partial charge in [0, 0.05) is 28.8 Å². The number of halogens is 1. The largest absolute Gasteiger partial charge is 0.340 e. The second-order valence-electron chi connectivity index (χ2n) is 6.85. The summed E-state index contributed by atoms with van der Waals surface area (Å²) in [5, 5.41) is 9.72. The third-order valence-corrected chi connectivity index (χ3v) is 4.75. The predicted molar refractivity (Wildman–Crippen MR) is 126 cm³/mol. The highest BCUT2D eigenvalue weighted by molar-refractivity contribution is 6.34. The molecule has 0 saturated heterocycles. The Morgan fingerprint density at radius 1 is 0.774 bits per heavy atom. The number of aryl methyl sites for hydroxylation is 1. The Hall–Kier alpha value is -3.90. The minimum atomic E-state index is -0.259. The Bertz CT molecular complexity index is 1200. The van der Waals surface area contributed by atoms with Crippen molar-refractivity contribution in [2.45, 2.75) is 6.92 Å². The molecule has 1 amide bonds. The Morgan fingerprint density at radius 2 is 1.42 bits per heavy atom. The SMILES string of the molecule is Cc1cc(Nc2ccccc2)nc(Nc2ccc(NC(=O)c3ccccc3Cl)cc2)n1. The van der Waals surface area contributed by atoms with Gasteiger partial charge in [0.1, 0.15) is 5.82 Å². The molecule has 154 valence electrons. The summed E-state index contributed by atoms with van der Waals surface area (Å²) in [4.78, 5) is 21.4. The van der Waals surface area contributed by atoms with E-state index < -0.39 is 0 Å². The molecule has 6 nitrogen and oxygen atoms in total. The molecule has 0 spiro atoms. The van der Waals surface area contributed by atoms with Crippen molar-refractivity contribution >= 4 is 46.3 Å². The molecule has 0 atom stereocenters. The maximum atomic E-state index is 12.4. The first-order chi connectivity index (χ1) is 15.1. The van der Waals surface area contributed by atoms with Crippen molar-refractivity contribution in [3.8, 4) is 0 Å². The molecule has 7 heteroatoms. The van der Waals surface area contributed by atoms with E-state index in [9.17, 15) is 4.79 Å². The number of hydrogen-bond acceptors (Lipinski definition) is 5. The molecular weight excluding hydrogens is 410 g/mol. The van der Waals surface area contributed by atoms with E-state index in [4.69, 9.17) is 11.6 Å². The van der Waals surface area contributed by atoms with Crippen LogP contribution in [0.5, 0.6) is 0 Å². The number of aromatic nitrogens is 2. The molecule has 0 radical (unpaired) electrons. The molecule has 1 heterocycles. The molecule has 0 aliphatic carbocycles. The standard InChI is InChI=1S/C24H20ClN5O/c1-16-15-22(27-17-7-3-2-4-8-17)30-24(26-16)29-19-13-11-18(12-14-19)28-23(31)20-9-5-6-10-21(20)25/h2-15H,1H3,(H,28,31)(H2,26,27,29,30). The van der Waals surface area contributed by atoms with E-state index >= 15 is 0 Å². The third kappa shape index (κ3) is 5.38. The molecule has 4 aromatic rings. The van der Waals surface area contributed by atoms with Gasteiger partial charge in [-0.2, -0.15) is 4.98 Å². The third-order valence-electron chi connectivity index (χ3n) is 4.42. The van der Waals surface area contributed by atoms with Crippen LogP contribution in [0.1, 0.15) is 16.1 Å². The van der Waals surface area contributed by atoms with Gasteiger partial charge >= 0.3 is 0 Å². The zero-order chi connectivity index (χ0) is 21.6. The number of carbonyl (C=O) groups excluding carboxylic acids is 1. The number of nitrogens with zero attached hydrogens (tertiary/aromatic N) is 2. The molecular formula is C24H20ClN5O. The van der Waals surface area contributed by atoms with Crippen molar-refractivity contribution in [2.75, 3.05) is 16.0 Å². The molecule has 0 saturated carbocycles. The Labute approximate surface area is 185 Å². The van der Waals surface area contributed by atoms with Gasteiger partial charge in [0.15, 0.2) is 0 Å². The lowest BCUT2D eigenvalue weighted by atomic mass is 10.2. The molecule has 0 aliphatic heterocycles. The number of hydrogen-bond donors (Lipinski definition) is 3. The number of amides is 1. The minimum absolute atomic E-state index is 0.259. The van der Waals surface area contributed by atoms with Gasteiger partial charge in [-0.3, -0.25) is 4.79 Å². The summed E-state index contributed by atoms with van der Waals surface area (Å²) in [6.07, 6.45) is 0. The lowest BCUT2D eigenvalue weighted by Gasteiger charge is -2.11. The van der Waals surface area contributed by atoms with Gasteiger partial charge in [-0.15, -0.1) is 0 Å². The Kier molecular flexibility index (Phi) is 6.10. The van der Waals surface area contributed by atoms with Gasteiger partial charge in [0.05, 0.1) is 10.6 Å². The molecule has 0 aliphatic rings. The molecule has 3 N–H and O–H groups in total. The maximum Gasteiger partial charge on any atom is 0.257 e. The van der Waals surface area contributed by atoms with Crippen LogP contribution in [0.3, 0.4) is 0 Å². The van der Waals surface area contributed by atoms with Gasteiger partial charge in [0.2, 0.25) is 5.95 Å². The van der Waals surface area contributed by atoms with Gasteiger partial charge in [-0.25, -0.2) is 4.98 Å². The summed E-state index contributed by atoms with van der Waals surface area (Å²) in [6.45, 7) is 1.91. The predicted octanol–water partition coefficient (Wildman–Crippen LogP) is 6.18. The first-order valence-corrected chi connectivity index (χ1v) is 10.1. The van der Waals surface area contributed by atoms with E-state index in [1.807, 2.05) is 55.5 Å². The molecule has 0 fully saturated rings. The fourth-order valence-electron chi connectivity index (χ4n) is 2.97. The van der Waals surface area contributed by atoms with Crippen LogP contribution in [-0.2, 0) is 0 Å². The molecule has 3 aromatic carbocycles. The van der Waals surface area contributed by atoms with Gasteiger partial charge < -0.3 is 16.0 Å². The van der Waals surface area contributed by atoms with Gasteiger partial charge in [-0.1, -0.05) is 41.9 Å². The van der Waals surface area contributed by atoms with Crippen molar-refractivity contribution in [1.82, 2.24) is 9.97 Å². The smallest absolute Gasteiger partial charge is 0.257 e. The number of carbonyl (C=O) groups is 1. The highest BCUT2D eigenvalue weighted by Crippen LogP contribution is 2.22. The lowest BCUT2D eigenvalue weighted by Crippen LogP contribution is -2.12. The van der Waals surface area contributed by atoms with Crippen LogP contribution >= 0.6 is 11.6 Å². The monoisotopic (exact) mass is 429 g/mol. The van der Waals surface area contributed by atoms with Crippen molar-refractivity contribution in [3.63, 3.8) is 0 Å². The second kappa shape index (κ2) is 9.28. The van der Waals surface area contributed by atoms with Crippen LogP contribution in [0.25, 0.3) is 0 Å². The van der Waals surface area contributed by atoms with E-state index in [1.165, 1.54) is 0 Å². The summed E-state index contributed by atoms with van der Waals surface area (Å²) >= 11 is 6.09. The highest BCUT2D eigenvalue weighted by Gasteiger charge is 2.10. The van der Waals surface area contributed by atoms with E-state index in [0.717, 1.165) is 17.1 Å². The Morgan fingerprint density at radius 3 is 2.16 bits per heavy atom. The number of para-hydroxylation sites is 1. The summed E-state index contributed by atoms with van der Waals surface area (Å²) < 4.78 is 0. The zero-order valence-electron chi connectivity index (χ0n) is 16.8. The van der Waals surface area contributed by atoms with E-state index in [-0.39, 0.29) is 5.91 Å².